The summed E-state index contributed by atoms with van der Waals surface area (Å²) in [5.74, 6) is 1.47. The molecule has 0 unspecified atom stereocenters. The zero-order valence-corrected chi connectivity index (χ0v) is 14.7. The van der Waals surface area contributed by atoms with Gasteiger partial charge in [-0.15, -0.1) is 0 Å². The van der Waals surface area contributed by atoms with Crippen LogP contribution in [-0.2, 0) is 15.8 Å². The van der Waals surface area contributed by atoms with E-state index >= 15 is 0 Å². The molecule has 2 aliphatic heterocycles. The minimum atomic E-state index is -3.37. The number of hydrogen-bond donors (Lipinski definition) is 0. The smallest absolute Gasteiger partial charge is 0.218 e. The molecule has 0 spiro atoms. The lowest BCUT2D eigenvalue weighted by atomic mass is 10.0. The highest BCUT2D eigenvalue weighted by Gasteiger charge is 2.35. The van der Waals surface area contributed by atoms with E-state index in [9.17, 15) is 8.42 Å². The van der Waals surface area contributed by atoms with Crippen molar-refractivity contribution in [3.8, 4) is 11.5 Å². The minimum absolute atomic E-state index is 0.0366. The van der Waals surface area contributed by atoms with Crippen LogP contribution < -0.4 is 9.47 Å². The predicted octanol–water partition coefficient (Wildman–Crippen LogP) is 3.12. The molecule has 2 aliphatic rings. The SMILES string of the molecule is O=S(=O)(Cc1ccccc1)N1CCC[C@@H]1c1ccc2c(c1)OCCO2. The van der Waals surface area contributed by atoms with Gasteiger partial charge in [0.1, 0.15) is 13.2 Å². The van der Waals surface area contributed by atoms with E-state index in [1.807, 2.05) is 48.5 Å². The minimum Gasteiger partial charge on any atom is -0.486 e. The Morgan fingerprint density at radius 3 is 2.56 bits per heavy atom. The zero-order chi connectivity index (χ0) is 17.3. The van der Waals surface area contributed by atoms with Gasteiger partial charge in [0.05, 0.1) is 5.75 Å². The molecule has 0 bridgehead atoms. The molecule has 25 heavy (non-hydrogen) atoms. The Bertz CT molecular complexity index is 851. The quantitative estimate of drug-likeness (QED) is 0.842. The van der Waals surface area contributed by atoms with Gasteiger partial charge < -0.3 is 9.47 Å². The molecule has 4 rings (SSSR count). The van der Waals surface area contributed by atoms with Crippen molar-refractivity contribution in [2.24, 2.45) is 0 Å². The normalized spacial score (nSPS) is 20.6. The Morgan fingerprint density at radius 2 is 1.76 bits per heavy atom. The number of rotatable bonds is 4. The molecular formula is C19H21NO4S. The second-order valence-corrected chi connectivity index (χ2v) is 8.34. The fraction of sp³-hybridized carbons (Fsp3) is 0.368. The van der Waals surface area contributed by atoms with Crippen molar-refractivity contribution in [2.75, 3.05) is 19.8 Å². The molecule has 132 valence electrons. The Labute approximate surface area is 148 Å². The molecule has 0 saturated carbocycles. The van der Waals surface area contributed by atoms with E-state index in [1.54, 1.807) is 4.31 Å². The van der Waals surface area contributed by atoms with E-state index < -0.39 is 10.0 Å². The summed E-state index contributed by atoms with van der Waals surface area (Å²) in [7, 11) is -3.37. The summed E-state index contributed by atoms with van der Waals surface area (Å²) < 4.78 is 38.7. The lowest BCUT2D eigenvalue weighted by Gasteiger charge is -2.26. The number of nitrogens with zero attached hydrogens (tertiary/aromatic N) is 1. The average Bonchev–Trinajstić information content (AvgIpc) is 3.13. The Kier molecular flexibility index (Phi) is 4.39. The van der Waals surface area contributed by atoms with Crippen LogP contribution >= 0.6 is 0 Å². The van der Waals surface area contributed by atoms with Gasteiger partial charge in [-0.3, -0.25) is 0 Å². The van der Waals surface area contributed by atoms with Crippen molar-refractivity contribution >= 4 is 10.0 Å². The summed E-state index contributed by atoms with van der Waals surface area (Å²) in [6.45, 7) is 1.64. The highest BCUT2D eigenvalue weighted by atomic mass is 32.2. The van der Waals surface area contributed by atoms with Crippen molar-refractivity contribution in [1.82, 2.24) is 4.31 Å². The standard InChI is InChI=1S/C19H21NO4S/c21-25(22,14-15-5-2-1-3-6-15)20-10-4-7-17(20)16-8-9-18-19(13-16)24-12-11-23-18/h1-3,5-6,8-9,13,17H,4,7,10-12,14H2/t17-/m1/s1. The maximum Gasteiger partial charge on any atom is 0.218 e. The monoisotopic (exact) mass is 359 g/mol. The third kappa shape index (κ3) is 3.37. The molecule has 0 aromatic heterocycles. The fourth-order valence-corrected chi connectivity index (χ4v) is 5.34. The van der Waals surface area contributed by atoms with Gasteiger partial charge in [-0.05, 0) is 36.1 Å². The van der Waals surface area contributed by atoms with Crippen molar-refractivity contribution in [1.29, 1.82) is 0 Å². The Morgan fingerprint density at radius 1 is 1.00 bits per heavy atom. The molecule has 1 fully saturated rings. The van der Waals surface area contributed by atoms with E-state index in [2.05, 4.69) is 0 Å². The molecule has 0 N–H and O–H groups in total. The molecule has 5 nitrogen and oxygen atoms in total. The largest absolute Gasteiger partial charge is 0.486 e. The molecule has 2 aromatic rings. The van der Waals surface area contributed by atoms with Crippen LogP contribution in [-0.4, -0.2) is 32.5 Å². The van der Waals surface area contributed by atoms with Gasteiger partial charge in [-0.25, -0.2) is 8.42 Å². The first kappa shape index (κ1) is 16.4. The first-order chi connectivity index (χ1) is 12.1. The second kappa shape index (κ2) is 6.69. The van der Waals surface area contributed by atoms with Gasteiger partial charge in [-0.1, -0.05) is 36.4 Å². The summed E-state index contributed by atoms with van der Waals surface area (Å²) in [5, 5.41) is 0. The predicted molar refractivity (Wildman–Crippen MR) is 95.2 cm³/mol. The van der Waals surface area contributed by atoms with Crippen LogP contribution in [0, 0.1) is 0 Å². The highest BCUT2D eigenvalue weighted by Crippen LogP contribution is 2.39. The van der Waals surface area contributed by atoms with Crippen molar-refractivity contribution < 1.29 is 17.9 Å². The summed E-state index contributed by atoms with van der Waals surface area (Å²) >= 11 is 0. The fourth-order valence-electron chi connectivity index (χ4n) is 3.54. The Hall–Kier alpha value is -2.05. The molecule has 6 heteroatoms. The highest BCUT2D eigenvalue weighted by molar-refractivity contribution is 7.88. The first-order valence-electron chi connectivity index (χ1n) is 8.56. The summed E-state index contributed by atoms with van der Waals surface area (Å²) in [5.41, 5.74) is 1.79. The zero-order valence-electron chi connectivity index (χ0n) is 13.9. The number of ether oxygens (including phenoxy) is 2. The van der Waals surface area contributed by atoms with Gasteiger partial charge in [-0.2, -0.15) is 4.31 Å². The maximum atomic E-state index is 12.9. The average molecular weight is 359 g/mol. The molecule has 1 saturated heterocycles. The van der Waals surface area contributed by atoms with Gasteiger partial charge in [0, 0.05) is 12.6 Å². The van der Waals surface area contributed by atoms with E-state index in [1.165, 1.54) is 0 Å². The van der Waals surface area contributed by atoms with E-state index in [-0.39, 0.29) is 11.8 Å². The Balaban J connectivity index is 1.60. The molecule has 0 aliphatic carbocycles. The van der Waals surface area contributed by atoms with Crippen LogP contribution in [0.5, 0.6) is 11.5 Å². The van der Waals surface area contributed by atoms with E-state index in [0.717, 1.165) is 29.7 Å². The first-order valence-corrected chi connectivity index (χ1v) is 10.2. The molecule has 1 atom stereocenters. The van der Waals surface area contributed by atoms with Crippen LogP contribution in [0.1, 0.15) is 30.0 Å². The number of hydrogen-bond acceptors (Lipinski definition) is 4. The lowest BCUT2D eigenvalue weighted by Crippen LogP contribution is -2.31. The van der Waals surface area contributed by atoms with E-state index in [0.29, 0.717) is 25.5 Å². The lowest BCUT2D eigenvalue weighted by molar-refractivity contribution is 0.171. The van der Waals surface area contributed by atoms with Gasteiger partial charge in [0.15, 0.2) is 11.5 Å². The van der Waals surface area contributed by atoms with Crippen LogP contribution in [0.25, 0.3) is 0 Å². The summed E-state index contributed by atoms with van der Waals surface area (Å²) in [4.78, 5) is 0. The number of benzene rings is 2. The molecule has 2 aromatic carbocycles. The van der Waals surface area contributed by atoms with Crippen LogP contribution in [0.2, 0.25) is 0 Å². The third-order valence-electron chi connectivity index (χ3n) is 4.70. The molecular weight excluding hydrogens is 338 g/mol. The van der Waals surface area contributed by atoms with Crippen molar-refractivity contribution in [3.63, 3.8) is 0 Å². The molecule has 0 radical (unpaired) electrons. The van der Waals surface area contributed by atoms with Crippen molar-refractivity contribution in [2.45, 2.75) is 24.6 Å². The second-order valence-electron chi connectivity index (χ2n) is 6.41. The van der Waals surface area contributed by atoms with E-state index in [4.69, 9.17) is 9.47 Å². The number of sulfonamides is 1. The van der Waals surface area contributed by atoms with Crippen LogP contribution in [0.15, 0.2) is 48.5 Å². The van der Waals surface area contributed by atoms with Crippen LogP contribution in [0.4, 0.5) is 0 Å². The van der Waals surface area contributed by atoms with Gasteiger partial charge >= 0.3 is 0 Å². The molecule has 2 heterocycles. The van der Waals surface area contributed by atoms with Gasteiger partial charge in [0.25, 0.3) is 0 Å². The number of fused-ring (bicyclic) bond motifs is 1. The molecule has 0 amide bonds. The van der Waals surface area contributed by atoms with Gasteiger partial charge in [0.2, 0.25) is 10.0 Å². The maximum absolute atomic E-state index is 12.9. The summed E-state index contributed by atoms with van der Waals surface area (Å²) in [6, 6.07) is 15.0. The summed E-state index contributed by atoms with van der Waals surface area (Å²) in [6.07, 6.45) is 1.70. The topological polar surface area (TPSA) is 55.8 Å². The van der Waals surface area contributed by atoms with Crippen LogP contribution in [0.3, 0.4) is 0 Å². The third-order valence-corrected chi connectivity index (χ3v) is 6.55. The van der Waals surface area contributed by atoms with Crippen molar-refractivity contribution in [3.05, 3.63) is 59.7 Å².